The van der Waals surface area contributed by atoms with Crippen LogP contribution in [0.5, 0.6) is 0 Å². The molecule has 0 saturated heterocycles. The van der Waals surface area contributed by atoms with Gasteiger partial charge in [-0.15, -0.1) is 0 Å². The third-order valence-electron chi connectivity index (χ3n) is 3.14. The van der Waals surface area contributed by atoms with Crippen molar-refractivity contribution in [3.63, 3.8) is 0 Å². The van der Waals surface area contributed by atoms with E-state index in [-0.39, 0.29) is 23.0 Å². The molecule has 0 saturated carbocycles. The number of aromatic nitrogens is 3. The number of rotatable bonds is 4. The highest BCUT2D eigenvalue weighted by molar-refractivity contribution is 7.98. The Bertz CT molecular complexity index is 933. The molecule has 0 N–H and O–H groups in total. The van der Waals surface area contributed by atoms with E-state index in [0.29, 0.717) is 10.6 Å². The van der Waals surface area contributed by atoms with Crippen molar-refractivity contribution >= 4 is 11.8 Å². The zero-order valence-electron chi connectivity index (χ0n) is 12.5. The van der Waals surface area contributed by atoms with Crippen molar-refractivity contribution < 1.29 is 17.7 Å². The number of pyridine rings is 1. The van der Waals surface area contributed by atoms with Gasteiger partial charge in [0, 0.05) is 11.8 Å². The molecule has 9 heteroatoms. The third-order valence-corrected chi connectivity index (χ3v) is 4.13. The van der Waals surface area contributed by atoms with Crippen LogP contribution in [0.2, 0.25) is 0 Å². The summed E-state index contributed by atoms with van der Waals surface area (Å²) in [5.41, 5.74) is -0.145. The maximum Gasteiger partial charge on any atom is 0.416 e. The van der Waals surface area contributed by atoms with E-state index in [0.717, 1.165) is 12.1 Å². The molecule has 126 valence electrons. The fourth-order valence-corrected chi connectivity index (χ4v) is 2.77. The minimum absolute atomic E-state index is 0.0724. The number of thioether (sulfide) groups is 1. The zero-order chi connectivity index (χ0) is 17.9. The summed E-state index contributed by atoms with van der Waals surface area (Å²) in [6.45, 7) is 0. The summed E-state index contributed by atoms with van der Waals surface area (Å²) in [6.07, 6.45) is -2.88. The van der Waals surface area contributed by atoms with Crippen molar-refractivity contribution in [2.24, 2.45) is 0 Å². The predicted molar refractivity (Wildman–Crippen MR) is 83.2 cm³/mol. The minimum Gasteiger partial charge on any atom is -0.338 e. The fraction of sp³-hybridized carbons (Fsp3) is 0.125. The predicted octanol–water partition coefficient (Wildman–Crippen LogP) is 4.31. The van der Waals surface area contributed by atoms with Crippen LogP contribution in [0.25, 0.3) is 11.4 Å². The Labute approximate surface area is 144 Å². The molecule has 3 aromatic rings. The number of hydrogen-bond acceptors (Lipinski definition) is 6. The highest BCUT2D eigenvalue weighted by Gasteiger charge is 2.30. The normalized spacial score (nSPS) is 11.3. The Balaban J connectivity index is 1.76. The van der Waals surface area contributed by atoms with Gasteiger partial charge in [0.1, 0.15) is 11.1 Å². The standard InChI is InChI=1S/C16H9F3N4OS/c17-16(18,19)12-5-1-3-10(7-12)14-22-13(24-23-14)9-25-15-11(8-20)4-2-6-21-15/h1-7H,9H2. The Morgan fingerprint density at radius 3 is 2.80 bits per heavy atom. The van der Waals surface area contributed by atoms with Gasteiger partial charge < -0.3 is 4.52 Å². The van der Waals surface area contributed by atoms with Gasteiger partial charge in [0.15, 0.2) is 0 Å². The van der Waals surface area contributed by atoms with Gasteiger partial charge in [-0.25, -0.2) is 4.98 Å². The maximum atomic E-state index is 12.8. The van der Waals surface area contributed by atoms with Crippen molar-refractivity contribution in [2.45, 2.75) is 17.0 Å². The van der Waals surface area contributed by atoms with Crippen LogP contribution in [0.15, 0.2) is 52.1 Å². The second kappa shape index (κ2) is 6.94. The van der Waals surface area contributed by atoms with E-state index in [2.05, 4.69) is 15.1 Å². The van der Waals surface area contributed by atoms with Gasteiger partial charge >= 0.3 is 6.18 Å². The molecular formula is C16H9F3N4OS. The largest absolute Gasteiger partial charge is 0.416 e. The SMILES string of the molecule is N#Cc1cccnc1SCc1nc(-c2cccc(C(F)(F)F)c2)no1. The molecule has 25 heavy (non-hydrogen) atoms. The van der Waals surface area contributed by atoms with Crippen LogP contribution in [0.3, 0.4) is 0 Å². The summed E-state index contributed by atoms with van der Waals surface area (Å²) in [5.74, 6) is 0.549. The van der Waals surface area contributed by atoms with E-state index in [4.69, 9.17) is 9.78 Å². The molecule has 2 aromatic heterocycles. The van der Waals surface area contributed by atoms with Crippen molar-refractivity contribution in [3.8, 4) is 17.5 Å². The molecular weight excluding hydrogens is 353 g/mol. The quantitative estimate of drug-likeness (QED) is 0.644. The van der Waals surface area contributed by atoms with Crippen molar-refractivity contribution in [3.05, 3.63) is 59.6 Å². The zero-order valence-corrected chi connectivity index (χ0v) is 13.3. The minimum atomic E-state index is -4.44. The first-order chi connectivity index (χ1) is 12.0. The van der Waals surface area contributed by atoms with Gasteiger partial charge in [-0.3, -0.25) is 0 Å². The van der Waals surface area contributed by atoms with E-state index in [1.54, 1.807) is 18.3 Å². The summed E-state index contributed by atoms with van der Waals surface area (Å²) in [5, 5.41) is 13.2. The Morgan fingerprint density at radius 2 is 2.04 bits per heavy atom. The van der Waals surface area contributed by atoms with Gasteiger partial charge in [0.2, 0.25) is 11.7 Å². The lowest BCUT2D eigenvalue weighted by atomic mass is 10.1. The molecule has 0 aliphatic heterocycles. The average Bonchev–Trinajstić information content (AvgIpc) is 3.08. The lowest BCUT2D eigenvalue weighted by Crippen LogP contribution is -2.04. The van der Waals surface area contributed by atoms with Crippen molar-refractivity contribution in [2.75, 3.05) is 0 Å². The molecule has 3 rings (SSSR count). The molecule has 2 heterocycles. The first kappa shape index (κ1) is 17.0. The van der Waals surface area contributed by atoms with Gasteiger partial charge in [-0.2, -0.15) is 23.4 Å². The van der Waals surface area contributed by atoms with E-state index >= 15 is 0 Å². The average molecular weight is 362 g/mol. The number of nitrogens with zero attached hydrogens (tertiary/aromatic N) is 4. The molecule has 0 atom stereocenters. The topological polar surface area (TPSA) is 75.6 Å². The number of nitriles is 1. The summed E-state index contributed by atoms with van der Waals surface area (Å²) in [7, 11) is 0. The summed E-state index contributed by atoms with van der Waals surface area (Å²) in [4.78, 5) is 8.19. The Morgan fingerprint density at radius 1 is 1.20 bits per heavy atom. The second-order valence-electron chi connectivity index (χ2n) is 4.85. The summed E-state index contributed by atoms with van der Waals surface area (Å²) < 4.78 is 43.4. The van der Waals surface area contributed by atoms with Crippen molar-refractivity contribution in [1.29, 1.82) is 5.26 Å². The van der Waals surface area contributed by atoms with Crippen molar-refractivity contribution in [1.82, 2.24) is 15.1 Å². The summed E-state index contributed by atoms with van der Waals surface area (Å²) >= 11 is 1.23. The monoisotopic (exact) mass is 362 g/mol. The van der Waals surface area contributed by atoms with Crippen LogP contribution < -0.4 is 0 Å². The Kier molecular flexibility index (Phi) is 4.72. The van der Waals surface area contributed by atoms with Gasteiger partial charge in [0.25, 0.3) is 0 Å². The van der Waals surface area contributed by atoms with Crippen LogP contribution in [0, 0.1) is 11.3 Å². The van der Waals surface area contributed by atoms with Crippen LogP contribution >= 0.6 is 11.8 Å². The fourth-order valence-electron chi connectivity index (χ4n) is 1.99. The van der Waals surface area contributed by atoms with Crippen LogP contribution in [0.1, 0.15) is 17.0 Å². The molecule has 0 aliphatic carbocycles. The Hall–Kier alpha value is -2.86. The molecule has 0 aliphatic rings. The first-order valence-corrected chi connectivity index (χ1v) is 7.94. The molecule has 0 bridgehead atoms. The number of halogens is 3. The maximum absolute atomic E-state index is 12.8. The first-order valence-electron chi connectivity index (χ1n) is 6.95. The lowest BCUT2D eigenvalue weighted by Gasteiger charge is -2.06. The lowest BCUT2D eigenvalue weighted by molar-refractivity contribution is -0.137. The van der Waals surface area contributed by atoms with E-state index in [1.165, 1.54) is 23.9 Å². The second-order valence-corrected chi connectivity index (χ2v) is 5.81. The molecule has 0 fully saturated rings. The molecule has 0 unspecified atom stereocenters. The van der Waals surface area contributed by atoms with Crippen LogP contribution in [0.4, 0.5) is 13.2 Å². The smallest absolute Gasteiger partial charge is 0.338 e. The third kappa shape index (κ3) is 3.97. The summed E-state index contributed by atoms with van der Waals surface area (Å²) in [6, 6.07) is 10.0. The van der Waals surface area contributed by atoms with Gasteiger partial charge in [0.05, 0.1) is 16.9 Å². The molecule has 0 radical (unpaired) electrons. The highest BCUT2D eigenvalue weighted by atomic mass is 32.2. The number of benzene rings is 1. The highest BCUT2D eigenvalue weighted by Crippen LogP contribution is 2.31. The number of hydrogen-bond donors (Lipinski definition) is 0. The van der Waals surface area contributed by atoms with E-state index < -0.39 is 11.7 Å². The molecule has 5 nitrogen and oxygen atoms in total. The molecule has 0 spiro atoms. The molecule has 0 amide bonds. The molecule has 1 aromatic carbocycles. The van der Waals surface area contributed by atoms with E-state index in [1.807, 2.05) is 6.07 Å². The van der Waals surface area contributed by atoms with E-state index in [9.17, 15) is 13.2 Å². The van der Waals surface area contributed by atoms with Gasteiger partial charge in [-0.05, 0) is 24.3 Å². The number of alkyl halides is 3. The van der Waals surface area contributed by atoms with Crippen LogP contribution in [-0.2, 0) is 11.9 Å². The van der Waals surface area contributed by atoms with Gasteiger partial charge in [-0.1, -0.05) is 29.1 Å². The van der Waals surface area contributed by atoms with Crippen LogP contribution in [-0.4, -0.2) is 15.1 Å².